The molecule has 3 atom stereocenters. The molecule has 2 heterocycles. The highest BCUT2D eigenvalue weighted by atomic mass is 16.6. The van der Waals surface area contributed by atoms with Gasteiger partial charge in [-0.05, 0) is 30.9 Å². The molecule has 0 radical (unpaired) electrons. The van der Waals surface area contributed by atoms with Crippen LogP contribution in [0.3, 0.4) is 0 Å². The Balaban J connectivity index is 1.45. The molecule has 2 N–H and O–H groups in total. The fourth-order valence-electron chi connectivity index (χ4n) is 5.20. The first-order valence-electron chi connectivity index (χ1n) is 13.8. The third-order valence-corrected chi connectivity index (χ3v) is 7.61. The number of aryl methyl sites for hydroxylation is 1. The number of nitrogens with zero attached hydrogens (tertiary/aromatic N) is 5. The Morgan fingerprint density at radius 3 is 2.64 bits per heavy atom. The number of aliphatic hydroxyl groups excluding tert-OH is 1. The van der Waals surface area contributed by atoms with E-state index in [0.29, 0.717) is 37.2 Å². The smallest absolute Gasteiger partial charge is 0.305 e. The number of nitro groups is 1. The Hall–Kier alpha value is -4.42. The summed E-state index contributed by atoms with van der Waals surface area (Å²) in [6.07, 6.45) is 7.03. The van der Waals surface area contributed by atoms with Crippen molar-refractivity contribution in [3.63, 3.8) is 0 Å². The van der Waals surface area contributed by atoms with Crippen molar-refractivity contribution in [3.05, 3.63) is 93.8 Å². The van der Waals surface area contributed by atoms with Gasteiger partial charge >= 0.3 is 5.97 Å². The van der Waals surface area contributed by atoms with Crippen LogP contribution >= 0.6 is 0 Å². The lowest BCUT2D eigenvalue weighted by Gasteiger charge is -2.27. The highest BCUT2D eigenvalue weighted by Crippen LogP contribution is 2.46. The van der Waals surface area contributed by atoms with Crippen LogP contribution in [0, 0.1) is 16.0 Å². The van der Waals surface area contributed by atoms with Gasteiger partial charge in [0.2, 0.25) is 0 Å². The Kier molecular flexibility index (Phi) is 9.81. The Morgan fingerprint density at radius 2 is 1.95 bits per heavy atom. The van der Waals surface area contributed by atoms with Crippen LogP contribution in [0.1, 0.15) is 55.3 Å². The van der Waals surface area contributed by atoms with Crippen LogP contribution in [0.5, 0.6) is 0 Å². The van der Waals surface area contributed by atoms with E-state index in [1.807, 2.05) is 36.4 Å². The molecule has 2 aromatic carbocycles. The minimum atomic E-state index is -2.00. The number of ether oxygens (including phenoxy) is 1. The molecule has 222 valence electrons. The van der Waals surface area contributed by atoms with Crippen LogP contribution in [0.4, 0.5) is 11.4 Å². The summed E-state index contributed by atoms with van der Waals surface area (Å²) in [6, 6.07) is 13.6. The number of fused-ring (bicyclic) bond motifs is 1. The summed E-state index contributed by atoms with van der Waals surface area (Å²) in [5.41, 5.74) is -0.0282. The lowest BCUT2D eigenvalue weighted by atomic mass is 9.82. The van der Waals surface area contributed by atoms with Gasteiger partial charge in [-0.3, -0.25) is 24.4 Å². The highest BCUT2D eigenvalue weighted by molar-refractivity contribution is 6.07. The number of aliphatic hydroxyl groups is 2. The molecule has 3 aromatic rings. The van der Waals surface area contributed by atoms with Gasteiger partial charge in [0.15, 0.2) is 5.60 Å². The number of esters is 1. The number of rotatable bonds is 14. The number of hydrogen-bond donors (Lipinski definition) is 2. The van der Waals surface area contributed by atoms with Crippen LogP contribution in [0.2, 0.25) is 0 Å². The monoisotopic (exact) mass is 577 g/mol. The SMILES string of the molecule is COC(=O)CCCCN1C(=O)[C@](O)([C@H](C)/C=C/CCn2cc(C(CO)c3ccccc3)nn2)c2cc([N+](=O)[O-])ccc21. The molecule has 12 nitrogen and oxygen atoms in total. The number of amides is 1. The van der Waals surface area contributed by atoms with Crippen molar-refractivity contribution in [2.24, 2.45) is 5.92 Å². The fourth-order valence-corrected chi connectivity index (χ4v) is 5.20. The molecule has 0 spiro atoms. The van der Waals surface area contributed by atoms with E-state index < -0.39 is 22.3 Å². The van der Waals surface area contributed by atoms with E-state index in [4.69, 9.17) is 0 Å². The van der Waals surface area contributed by atoms with Gasteiger partial charge in [0.05, 0.1) is 35.9 Å². The molecule has 0 aliphatic carbocycles. The molecule has 1 aliphatic rings. The second-order valence-corrected chi connectivity index (χ2v) is 10.3. The molecular weight excluding hydrogens is 542 g/mol. The first kappa shape index (κ1) is 30.5. The maximum absolute atomic E-state index is 13.6. The largest absolute Gasteiger partial charge is 0.469 e. The van der Waals surface area contributed by atoms with Crippen molar-refractivity contribution in [1.29, 1.82) is 0 Å². The number of nitro benzene ring substituents is 1. The van der Waals surface area contributed by atoms with Crippen molar-refractivity contribution < 1.29 is 29.5 Å². The maximum Gasteiger partial charge on any atom is 0.305 e. The fraction of sp³-hybridized carbons (Fsp3) is 0.400. The van der Waals surface area contributed by atoms with Gasteiger partial charge in [-0.25, -0.2) is 0 Å². The second kappa shape index (κ2) is 13.5. The van der Waals surface area contributed by atoms with Gasteiger partial charge in [0, 0.05) is 49.3 Å². The van der Waals surface area contributed by atoms with Gasteiger partial charge in [0.25, 0.3) is 11.6 Å². The Bertz CT molecular complexity index is 1440. The zero-order valence-electron chi connectivity index (χ0n) is 23.6. The van der Waals surface area contributed by atoms with E-state index >= 15 is 0 Å². The molecule has 0 saturated heterocycles. The number of non-ortho nitro benzene ring substituents is 1. The van der Waals surface area contributed by atoms with Gasteiger partial charge in [0.1, 0.15) is 0 Å². The van der Waals surface area contributed by atoms with E-state index in [-0.39, 0.29) is 42.7 Å². The standard InChI is InChI=1S/C30H35N5O7/c1-21(10-6-8-16-33-19-26(31-32-33)24(20-36)22-11-4-3-5-12-22)30(39)25-18-23(35(40)41)14-15-27(25)34(29(30)38)17-9-7-13-28(37)42-2/h3-6,10-12,14-15,18-19,21,24,36,39H,7-9,13,16-17,20H2,1-2H3/b10-6+/t21-,24?,30+/m1/s1. The van der Waals surface area contributed by atoms with E-state index in [1.54, 1.807) is 23.9 Å². The molecule has 4 rings (SSSR count). The third-order valence-electron chi connectivity index (χ3n) is 7.61. The summed E-state index contributed by atoms with van der Waals surface area (Å²) in [5.74, 6) is -1.90. The molecule has 1 amide bonds. The van der Waals surface area contributed by atoms with Crippen molar-refractivity contribution in [2.75, 3.05) is 25.2 Å². The lowest BCUT2D eigenvalue weighted by molar-refractivity contribution is -0.385. The highest BCUT2D eigenvalue weighted by Gasteiger charge is 2.52. The predicted molar refractivity (Wildman–Crippen MR) is 154 cm³/mol. The zero-order chi connectivity index (χ0) is 30.3. The van der Waals surface area contributed by atoms with Crippen LogP contribution in [-0.4, -0.2) is 62.3 Å². The lowest BCUT2D eigenvalue weighted by Crippen LogP contribution is -2.44. The quantitative estimate of drug-likeness (QED) is 0.0961. The molecule has 42 heavy (non-hydrogen) atoms. The van der Waals surface area contributed by atoms with Gasteiger partial charge < -0.3 is 19.8 Å². The number of methoxy groups -OCH3 is 1. The molecule has 0 fully saturated rings. The number of carbonyl (C=O) groups is 2. The van der Waals surface area contributed by atoms with Crippen LogP contribution < -0.4 is 4.90 Å². The topological polar surface area (TPSA) is 161 Å². The van der Waals surface area contributed by atoms with Gasteiger partial charge in [-0.1, -0.05) is 54.6 Å². The van der Waals surface area contributed by atoms with E-state index in [0.717, 1.165) is 5.56 Å². The van der Waals surface area contributed by atoms with Crippen molar-refractivity contribution in [1.82, 2.24) is 15.0 Å². The van der Waals surface area contributed by atoms with Crippen LogP contribution in [-0.2, 0) is 26.5 Å². The first-order valence-corrected chi connectivity index (χ1v) is 13.8. The molecule has 1 aliphatic heterocycles. The summed E-state index contributed by atoms with van der Waals surface area (Å²) in [4.78, 5) is 37.4. The Morgan fingerprint density at radius 1 is 1.19 bits per heavy atom. The average molecular weight is 578 g/mol. The van der Waals surface area contributed by atoms with Crippen molar-refractivity contribution >= 4 is 23.3 Å². The summed E-state index contributed by atoms with van der Waals surface area (Å²) in [6.45, 7) is 2.31. The molecular formula is C30H35N5O7. The zero-order valence-corrected chi connectivity index (χ0v) is 23.6. The molecule has 1 unspecified atom stereocenters. The molecule has 12 heteroatoms. The molecule has 0 saturated carbocycles. The van der Waals surface area contributed by atoms with Gasteiger partial charge in [-0.15, -0.1) is 5.10 Å². The summed E-state index contributed by atoms with van der Waals surface area (Å²) in [5, 5.41) is 41.5. The number of benzene rings is 2. The normalized spacial score (nSPS) is 17.8. The number of aromatic nitrogens is 3. The van der Waals surface area contributed by atoms with Gasteiger partial charge in [-0.2, -0.15) is 0 Å². The number of anilines is 1. The number of unbranched alkanes of at least 4 members (excludes halogenated alkanes) is 1. The third kappa shape index (κ3) is 6.39. The van der Waals surface area contributed by atoms with E-state index in [1.165, 1.54) is 30.2 Å². The Labute approximate surface area is 243 Å². The maximum atomic E-state index is 13.6. The number of allylic oxidation sites excluding steroid dienone is 1. The minimum Gasteiger partial charge on any atom is -0.469 e. The van der Waals surface area contributed by atoms with Crippen molar-refractivity contribution in [3.8, 4) is 0 Å². The van der Waals surface area contributed by atoms with E-state index in [2.05, 4.69) is 15.0 Å². The van der Waals surface area contributed by atoms with Crippen LogP contribution in [0.15, 0.2) is 66.9 Å². The average Bonchev–Trinajstić information content (AvgIpc) is 3.55. The predicted octanol–water partition coefficient (Wildman–Crippen LogP) is 3.47. The van der Waals surface area contributed by atoms with Crippen molar-refractivity contribution in [2.45, 2.75) is 50.7 Å². The first-order chi connectivity index (χ1) is 20.2. The second-order valence-electron chi connectivity index (χ2n) is 10.3. The summed E-state index contributed by atoms with van der Waals surface area (Å²) < 4.78 is 6.33. The van der Waals surface area contributed by atoms with E-state index in [9.17, 15) is 29.9 Å². The molecule has 1 aromatic heterocycles. The molecule has 0 bridgehead atoms. The number of hydrogen-bond acceptors (Lipinski definition) is 9. The number of carbonyl (C=O) groups excluding carboxylic acids is 2. The summed E-state index contributed by atoms with van der Waals surface area (Å²) in [7, 11) is 1.31. The minimum absolute atomic E-state index is 0.103. The van der Waals surface area contributed by atoms with Crippen LogP contribution in [0.25, 0.3) is 0 Å². The summed E-state index contributed by atoms with van der Waals surface area (Å²) >= 11 is 0.